The second-order valence-corrected chi connectivity index (χ2v) is 4.67. The van der Waals surface area contributed by atoms with E-state index in [2.05, 4.69) is 10.2 Å². The fourth-order valence-electron chi connectivity index (χ4n) is 2.12. The number of halogens is 3. The molecule has 6 heteroatoms. The minimum absolute atomic E-state index is 0.139. The van der Waals surface area contributed by atoms with Crippen molar-refractivity contribution in [2.45, 2.75) is 5.88 Å². The summed E-state index contributed by atoms with van der Waals surface area (Å²) < 4.78 is 28.5. The molecule has 0 atom stereocenters. The highest BCUT2D eigenvalue weighted by Gasteiger charge is 2.16. The topological polar surface area (TPSA) is 30.7 Å². The first kappa shape index (κ1) is 13.7. The highest BCUT2D eigenvalue weighted by molar-refractivity contribution is 6.16. The van der Waals surface area contributed by atoms with Gasteiger partial charge in [-0.3, -0.25) is 4.57 Å². The number of rotatable bonds is 3. The summed E-state index contributed by atoms with van der Waals surface area (Å²) in [6.07, 6.45) is 0. The van der Waals surface area contributed by atoms with Gasteiger partial charge in [-0.15, -0.1) is 21.8 Å². The molecule has 0 spiro atoms. The highest BCUT2D eigenvalue weighted by atomic mass is 35.5. The first-order chi connectivity index (χ1) is 10.2. The average molecular weight is 306 g/mol. The number of hydrogen-bond donors (Lipinski definition) is 0. The van der Waals surface area contributed by atoms with Gasteiger partial charge in [-0.2, -0.15) is 0 Å². The molecule has 0 bridgehead atoms. The molecule has 0 fully saturated rings. The summed E-state index contributed by atoms with van der Waals surface area (Å²) in [7, 11) is 0. The third-order valence-electron chi connectivity index (χ3n) is 2.98. The molecule has 0 radical (unpaired) electrons. The fraction of sp³-hybridized carbons (Fsp3) is 0.0667. The van der Waals surface area contributed by atoms with Crippen LogP contribution in [0.2, 0.25) is 0 Å². The molecule has 3 nitrogen and oxygen atoms in total. The van der Waals surface area contributed by atoms with Crippen LogP contribution < -0.4 is 0 Å². The molecule has 0 unspecified atom stereocenters. The molecule has 3 rings (SSSR count). The van der Waals surface area contributed by atoms with E-state index < -0.39 is 11.6 Å². The van der Waals surface area contributed by atoms with E-state index in [9.17, 15) is 8.78 Å². The van der Waals surface area contributed by atoms with Gasteiger partial charge in [-0.1, -0.05) is 18.2 Å². The molecule has 1 heterocycles. The Bertz CT molecular complexity index is 752. The van der Waals surface area contributed by atoms with Crippen LogP contribution in [0.15, 0.2) is 48.5 Å². The Hall–Kier alpha value is -2.27. The Labute approximate surface area is 124 Å². The number of aromatic nitrogens is 3. The maximum atomic E-state index is 13.4. The smallest absolute Gasteiger partial charge is 0.168 e. The number of alkyl halides is 1. The molecule has 2 aromatic carbocycles. The Kier molecular flexibility index (Phi) is 3.66. The van der Waals surface area contributed by atoms with Gasteiger partial charge in [0, 0.05) is 17.3 Å². The summed E-state index contributed by atoms with van der Waals surface area (Å²) in [5, 5.41) is 7.99. The van der Waals surface area contributed by atoms with Crippen LogP contribution in [-0.4, -0.2) is 14.8 Å². The standard InChI is InChI=1S/C15H10ClF2N3/c16-9-14-19-20-15(10-6-11(17)8-12(18)7-10)21(14)13-4-2-1-3-5-13/h1-8H,9H2. The van der Waals surface area contributed by atoms with Crippen molar-refractivity contribution in [3.63, 3.8) is 0 Å². The Balaban J connectivity index is 2.22. The average Bonchev–Trinajstić information content (AvgIpc) is 2.91. The number of benzene rings is 2. The second-order valence-electron chi connectivity index (χ2n) is 4.40. The minimum atomic E-state index is -0.667. The third kappa shape index (κ3) is 2.64. The number of nitrogens with zero attached hydrogens (tertiary/aromatic N) is 3. The van der Waals surface area contributed by atoms with E-state index in [1.165, 1.54) is 12.1 Å². The maximum Gasteiger partial charge on any atom is 0.168 e. The van der Waals surface area contributed by atoms with Gasteiger partial charge in [-0.25, -0.2) is 8.78 Å². The maximum absolute atomic E-state index is 13.4. The van der Waals surface area contributed by atoms with Gasteiger partial charge in [-0.05, 0) is 24.3 Å². The highest BCUT2D eigenvalue weighted by Crippen LogP contribution is 2.25. The largest absolute Gasteiger partial charge is 0.278 e. The minimum Gasteiger partial charge on any atom is -0.278 e. The van der Waals surface area contributed by atoms with Gasteiger partial charge in [0.25, 0.3) is 0 Å². The summed E-state index contributed by atoms with van der Waals surface area (Å²) in [4.78, 5) is 0. The van der Waals surface area contributed by atoms with Crippen LogP contribution in [-0.2, 0) is 5.88 Å². The van der Waals surface area contributed by atoms with E-state index in [-0.39, 0.29) is 5.88 Å². The number of para-hydroxylation sites is 1. The molecule has 0 N–H and O–H groups in total. The Morgan fingerprint density at radius 3 is 2.24 bits per heavy atom. The first-order valence-electron chi connectivity index (χ1n) is 6.21. The van der Waals surface area contributed by atoms with Crippen LogP contribution in [0.5, 0.6) is 0 Å². The summed E-state index contributed by atoms with van der Waals surface area (Å²) >= 11 is 5.87. The first-order valence-corrected chi connectivity index (χ1v) is 6.74. The Morgan fingerprint density at radius 2 is 1.62 bits per heavy atom. The molecule has 0 saturated heterocycles. The van der Waals surface area contributed by atoms with Crippen molar-refractivity contribution >= 4 is 11.6 Å². The van der Waals surface area contributed by atoms with Crippen molar-refractivity contribution in [1.82, 2.24) is 14.8 Å². The molecular formula is C15H10ClF2N3. The summed E-state index contributed by atoms with van der Waals surface area (Å²) in [6.45, 7) is 0. The van der Waals surface area contributed by atoms with E-state index in [1.54, 1.807) is 4.57 Å². The lowest BCUT2D eigenvalue weighted by atomic mass is 10.2. The van der Waals surface area contributed by atoms with Gasteiger partial charge in [0.15, 0.2) is 11.6 Å². The third-order valence-corrected chi connectivity index (χ3v) is 3.22. The molecule has 0 amide bonds. The van der Waals surface area contributed by atoms with Crippen molar-refractivity contribution in [2.75, 3.05) is 0 Å². The van der Waals surface area contributed by atoms with Crippen LogP contribution in [0.3, 0.4) is 0 Å². The van der Waals surface area contributed by atoms with Gasteiger partial charge < -0.3 is 0 Å². The lowest BCUT2D eigenvalue weighted by Crippen LogP contribution is -2.02. The zero-order chi connectivity index (χ0) is 14.8. The van der Waals surface area contributed by atoms with Crippen LogP contribution >= 0.6 is 11.6 Å². The summed E-state index contributed by atoms with van der Waals surface area (Å²) in [5.74, 6) is -0.350. The quantitative estimate of drug-likeness (QED) is 0.686. The predicted molar refractivity (Wildman–Crippen MR) is 76.3 cm³/mol. The van der Waals surface area contributed by atoms with Crippen LogP contribution in [0.1, 0.15) is 5.82 Å². The van der Waals surface area contributed by atoms with E-state index in [1.807, 2.05) is 30.3 Å². The van der Waals surface area contributed by atoms with Gasteiger partial charge in [0.1, 0.15) is 11.6 Å². The van der Waals surface area contributed by atoms with E-state index >= 15 is 0 Å². The molecule has 0 aliphatic carbocycles. The molecule has 21 heavy (non-hydrogen) atoms. The van der Waals surface area contributed by atoms with Crippen molar-refractivity contribution < 1.29 is 8.78 Å². The lowest BCUT2D eigenvalue weighted by Gasteiger charge is -2.09. The zero-order valence-corrected chi connectivity index (χ0v) is 11.6. The molecule has 0 saturated carbocycles. The molecular weight excluding hydrogens is 296 g/mol. The van der Waals surface area contributed by atoms with Crippen molar-refractivity contribution in [3.05, 3.63) is 66.0 Å². The molecule has 106 valence electrons. The van der Waals surface area contributed by atoms with Crippen LogP contribution in [0.4, 0.5) is 8.78 Å². The van der Waals surface area contributed by atoms with Crippen molar-refractivity contribution in [2.24, 2.45) is 0 Å². The fourth-order valence-corrected chi connectivity index (χ4v) is 2.29. The lowest BCUT2D eigenvalue weighted by molar-refractivity contribution is 0.584. The van der Waals surface area contributed by atoms with E-state index in [0.29, 0.717) is 17.2 Å². The van der Waals surface area contributed by atoms with Crippen LogP contribution in [0.25, 0.3) is 17.1 Å². The molecule has 1 aromatic heterocycles. The van der Waals surface area contributed by atoms with Crippen molar-refractivity contribution in [1.29, 1.82) is 0 Å². The SMILES string of the molecule is Fc1cc(F)cc(-c2nnc(CCl)n2-c2ccccc2)c1. The number of hydrogen-bond acceptors (Lipinski definition) is 2. The summed E-state index contributed by atoms with van der Waals surface area (Å²) in [5.41, 5.74) is 1.08. The van der Waals surface area contributed by atoms with Gasteiger partial charge in [0.2, 0.25) is 0 Å². The van der Waals surface area contributed by atoms with Gasteiger partial charge >= 0.3 is 0 Å². The van der Waals surface area contributed by atoms with Crippen LogP contribution in [0, 0.1) is 11.6 Å². The molecule has 0 aliphatic rings. The van der Waals surface area contributed by atoms with E-state index in [0.717, 1.165) is 11.8 Å². The summed E-state index contributed by atoms with van der Waals surface area (Å²) in [6, 6.07) is 12.5. The Morgan fingerprint density at radius 1 is 0.952 bits per heavy atom. The molecule has 3 aromatic rings. The van der Waals surface area contributed by atoms with Gasteiger partial charge in [0.05, 0.1) is 5.88 Å². The van der Waals surface area contributed by atoms with E-state index in [4.69, 9.17) is 11.6 Å². The van der Waals surface area contributed by atoms with Crippen molar-refractivity contribution in [3.8, 4) is 17.1 Å². The normalized spacial score (nSPS) is 10.8. The molecule has 0 aliphatic heterocycles. The monoisotopic (exact) mass is 305 g/mol. The second kappa shape index (κ2) is 5.61. The predicted octanol–water partition coefficient (Wildman–Crippen LogP) is 3.95. The zero-order valence-electron chi connectivity index (χ0n) is 10.8.